The third-order valence-corrected chi connectivity index (χ3v) is 3.94. The van der Waals surface area contributed by atoms with Gasteiger partial charge in [-0.2, -0.15) is 0 Å². The van der Waals surface area contributed by atoms with Crippen LogP contribution in [0.2, 0.25) is 0 Å². The number of aryl methyl sites for hydroxylation is 1. The smallest absolute Gasteiger partial charge is 0.227 e. The molecule has 4 nitrogen and oxygen atoms in total. The number of carbonyl (C=O) groups is 2. The first kappa shape index (κ1) is 11.4. The molecule has 0 bridgehead atoms. The van der Waals surface area contributed by atoms with E-state index >= 15 is 0 Å². The lowest BCUT2D eigenvalue weighted by Crippen LogP contribution is -2.48. The number of hydrogen-bond donors (Lipinski definition) is 0. The quantitative estimate of drug-likeness (QED) is 0.732. The van der Waals surface area contributed by atoms with E-state index in [1.165, 1.54) is 0 Å². The van der Waals surface area contributed by atoms with Gasteiger partial charge in [-0.15, -0.1) is 0 Å². The second-order valence-corrected chi connectivity index (χ2v) is 5.06. The molecule has 1 amide bonds. The summed E-state index contributed by atoms with van der Waals surface area (Å²) >= 11 is 0. The van der Waals surface area contributed by atoms with Crippen molar-refractivity contribution in [3.8, 4) is 0 Å². The van der Waals surface area contributed by atoms with Crippen molar-refractivity contribution in [3.63, 3.8) is 0 Å². The molecule has 1 aromatic carbocycles. The lowest BCUT2D eigenvalue weighted by molar-refractivity contribution is -0.129. The summed E-state index contributed by atoms with van der Waals surface area (Å²) in [5, 5.41) is 0. The largest absolute Gasteiger partial charge is 0.379 e. The van der Waals surface area contributed by atoms with E-state index in [9.17, 15) is 9.59 Å². The van der Waals surface area contributed by atoms with Crippen molar-refractivity contribution in [2.45, 2.75) is 18.3 Å². The van der Waals surface area contributed by atoms with E-state index in [-0.39, 0.29) is 5.91 Å². The van der Waals surface area contributed by atoms with Crippen LogP contribution < -0.4 is 4.90 Å². The zero-order chi connectivity index (χ0) is 12.8. The van der Waals surface area contributed by atoms with Crippen molar-refractivity contribution in [1.29, 1.82) is 0 Å². The van der Waals surface area contributed by atoms with Crippen molar-refractivity contribution in [2.75, 3.05) is 25.2 Å². The van der Waals surface area contributed by atoms with E-state index in [1.54, 1.807) is 11.9 Å². The average molecular weight is 245 g/mol. The Hall–Kier alpha value is -1.68. The topological polar surface area (TPSA) is 46.6 Å². The van der Waals surface area contributed by atoms with Gasteiger partial charge in [-0.1, -0.05) is 12.1 Å². The first-order valence-electron chi connectivity index (χ1n) is 6.10. The van der Waals surface area contributed by atoms with Crippen molar-refractivity contribution < 1.29 is 14.3 Å². The van der Waals surface area contributed by atoms with Crippen LogP contribution in [0.4, 0.5) is 5.69 Å². The Morgan fingerprint density at radius 1 is 1.33 bits per heavy atom. The van der Waals surface area contributed by atoms with Gasteiger partial charge in [0, 0.05) is 19.2 Å². The van der Waals surface area contributed by atoms with Crippen molar-refractivity contribution in [2.24, 2.45) is 0 Å². The Kier molecular flexibility index (Phi) is 2.48. The number of carbonyl (C=O) groups excluding carboxylic acids is 2. The number of amides is 1. The average Bonchev–Trinajstić information content (AvgIpc) is 2.33. The number of aldehydes is 1. The molecular formula is C14H15NO3. The molecule has 0 aromatic heterocycles. The van der Waals surface area contributed by atoms with Gasteiger partial charge in [0.1, 0.15) is 6.29 Å². The predicted molar refractivity (Wildman–Crippen MR) is 66.7 cm³/mol. The highest BCUT2D eigenvalue weighted by Gasteiger charge is 2.40. The standard InChI is InChI=1S/C14H15NO3/c1-15-12-4-3-11(14(7-16)8-18-9-14)6-10(12)2-5-13(15)17/h3-4,6-7H,2,5,8-9H2,1H3. The van der Waals surface area contributed by atoms with E-state index in [1.807, 2.05) is 12.1 Å². The van der Waals surface area contributed by atoms with Gasteiger partial charge in [-0.05, 0) is 23.6 Å². The van der Waals surface area contributed by atoms with E-state index < -0.39 is 5.41 Å². The van der Waals surface area contributed by atoms with E-state index in [4.69, 9.17) is 4.74 Å². The summed E-state index contributed by atoms with van der Waals surface area (Å²) < 4.78 is 5.17. The fourth-order valence-electron chi connectivity index (χ4n) is 2.59. The molecule has 0 unspecified atom stereocenters. The van der Waals surface area contributed by atoms with Crippen LogP contribution in [0.1, 0.15) is 17.5 Å². The Balaban J connectivity index is 2.01. The number of anilines is 1. The molecule has 94 valence electrons. The predicted octanol–water partition coefficient (Wildman–Crippen LogP) is 1.06. The second-order valence-electron chi connectivity index (χ2n) is 5.06. The first-order chi connectivity index (χ1) is 8.66. The normalized spacial score (nSPS) is 21.2. The summed E-state index contributed by atoms with van der Waals surface area (Å²) in [6.07, 6.45) is 2.27. The third kappa shape index (κ3) is 1.49. The van der Waals surface area contributed by atoms with E-state index in [0.29, 0.717) is 19.6 Å². The minimum absolute atomic E-state index is 0.146. The molecule has 2 aliphatic heterocycles. The summed E-state index contributed by atoms with van der Waals surface area (Å²) in [5.41, 5.74) is 2.64. The van der Waals surface area contributed by atoms with Crippen LogP contribution in [0.15, 0.2) is 18.2 Å². The Morgan fingerprint density at radius 2 is 2.11 bits per heavy atom. The lowest BCUT2D eigenvalue weighted by Gasteiger charge is -2.38. The zero-order valence-electron chi connectivity index (χ0n) is 10.3. The highest BCUT2D eigenvalue weighted by atomic mass is 16.5. The molecule has 0 N–H and O–H groups in total. The second kappa shape index (κ2) is 3.92. The molecule has 0 atom stereocenters. The summed E-state index contributed by atoms with van der Waals surface area (Å²) in [5.74, 6) is 0.146. The monoisotopic (exact) mass is 245 g/mol. The fourth-order valence-corrected chi connectivity index (χ4v) is 2.59. The molecule has 18 heavy (non-hydrogen) atoms. The van der Waals surface area contributed by atoms with Gasteiger partial charge in [0.25, 0.3) is 0 Å². The van der Waals surface area contributed by atoms with Gasteiger partial charge in [0.2, 0.25) is 5.91 Å². The molecule has 0 saturated carbocycles. The molecule has 0 aliphatic carbocycles. The maximum atomic E-state index is 11.6. The SMILES string of the molecule is CN1C(=O)CCc2cc(C3(C=O)COC3)ccc21. The number of nitrogens with zero attached hydrogens (tertiary/aromatic N) is 1. The number of fused-ring (bicyclic) bond motifs is 1. The van der Waals surface area contributed by atoms with Crippen LogP contribution in [0.3, 0.4) is 0 Å². The van der Waals surface area contributed by atoms with E-state index in [2.05, 4.69) is 6.07 Å². The molecule has 1 saturated heterocycles. The van der Waals surface area contributed by atoms with E-state index in [0.717, 1.165) is 29.5 Å². The summed E-state index contributed by atoms with van der Waals surface area (Å²) in [4.78, 5) is 24.5. The lowest BCUT2D eigenvalue weighted by atomic mass is 9.79. The Bertz CT molecular complexity index is 520. The van der Waals surface area contributed by atoms with Crippen LogP contribution in [0, 0.1) is 0 Å². The third-order valence-electron chi connectivity index (χ3n) is 3.94. The van der Waals surface area contributed by atoms with Crippen LogP contribution >= 0.6 is 0 Å². The molecule has 2 aliphatic rings. The highest BCUT2D eigenvalue weighted by Crippen LogP contribution is 2.35. The summed E-state index contributed by atoms with van der Waals surface area (Å²) in [6.45, 7) is 0.925. The Morgan fingerprint density at radius 3 is 2.72 bits per heavy atom. The molecular weight excluding hydrogens is 230 g/mol. The molecule has 2 heterocycles. The van der Waals surface area contributed by atoms with Gasteiger partial charge in [-0.25, -0.2) is 0 Å². The van der Waals surface area contributed by atoms with Crippen molar-refractivity contribution in [3.05, 3.63) is 29.3 Å². The van der Waals surface area contributed by atoms with Gasteiger partial charge >= 0.3 is 0 Å². The maximum absolute atomic E-state index is 11.6. The minimum Gasteiger partial charge on any atom is -0.379 e. The van der Waals surface area contributed by atoms with Crippen molar-refractivity contribution in [1.82, 2.24) is 0 Å². The van der Waals surface area contributed by atoms with Crippen LogP contribution in [-0.2, 0) is 26.2 Å². The molecule has 1 fully saturated rings. The van der Waals surface area contributed by atoms with Crippen LogP contribution in [0.25, 0.3) is 0 Å². The van der Waals surface area contributed by atoms with Crippen LogP contribution in [-0.4, -0.2) is 32.5 Å². The van der Waals surface area contributed by atoms with Gasteiger partial charge in [0.15, 0.2) is 0 Å². The van der Waals surface area contributed by atoms with Gasteiger partial charge in [-0.3, -0.25) is 4.79 Å². The van der Waals surface area contributed by atoms with Gasteiger partial charge < -0.3 is 14.4 Å². The molecule has 1 aromatic rings. The fraction of sp³-hybridized carbons (Fsp3) is 0.429. The first-order valence-corrected chi connectivity index (χ1v) is 6.10. The van der Waals surface area contributed by atoms with Gasteiger partial charge in [0.05, 0.1) is 18.6 Å². The summed E-state index contributed by atoms with van der Waals surface area (Å²) in [6, 6.07) is 5.92. The molecule has 4 heteroatoms. The number of benzene rings is 1. The molecule has 0 radical (unpaired) electrons. The molecule has 3 rings (SSSR count). The maximum Gasteiger partial charge on any atom is 0.227 e. The minimum atomic E-state index is -0.463. The number of ether oxygens (including phenoxy) is 1. The highest BCUT2D eigenvalue weighted by molar-refractivity contribution is 5.96. The van der Waals surface area contributed by atoms with Crippen LogP contribution in [0.5, 0.6) is 0 Å². The number of rotatable bonds is 2. The zero-order valence-corrected chi connectivity index (χ0v) is 10.3. The van der Waals surface area contributed by atoms with Crippen molar-refractivity contribution >= 4 is 17.9 Å². The number of hydrogen-bond acceptors (Lipinski definition) is 3. The molecule has 0 spiro atoms. The Labute approximate surface area is 106 Å². The summed E-state index contributed by atoms with van der Waals surface area (Å²) in [7, 11) is 1.79.